The molecule has 4 heteroatoms. The van der Waals surface area contributed by atoms with E-state index < -0.39 is 0 Å². The molecule has 9 aromatic carbocycles. The van der Waals surface area contributed by atoms with Crippen molar-refractivity contribution in [2.45, 2.75) is 38.5 Å². The quantitative estimate of drug-likeness (QED) is 0.144. The van der Waals surface area contributed by atoms with Gasteiger partial charge in [0.2, 0.25) is 0 Å². The number of aromatic nitrogens is 2. The first-order valence-electron chi connectivity index (χ1n) is 24.7. The number of anilines is 6. The second kappa shape index (κ2) is 16.5. The number of nitrogens with zero attached hydrogens (tertiary/aromatic N) is 4. The summed E-state index contributed by atoms with van der Waals surface area (Å²) in [5, 5.41) is 0. The van der Waals surface area contributed by atoms with Gasteiger partial charge < -0.3 is 9.80 Å². The molecule has 0 unspecified atom stereocenters. The summed E-state index contributed by atoms with van der Waals surface area (Å²) < 4.78 is 2.18. The molecule has 2 aliphatic rings. The number of imidazole rings is 1. The normalized spacial score (nSPS) is 13.6. The van der Waals surface area contributed by atoms with Gasteiger partial charge in [-0.2, -0.15) is 0 Å². The topological polar surface area (TPSA) is 23.8 Å². The van der Waals surface area contributed by atoms with Gasteiger partial charge in [-0.3, -0.25) is 4.40 Å². The maximum absolute atomic E-state index is 5.13. The van der Waals surface area contributed by atoms with Crippen LogP contribution in [0.5, 0.6) is 0 Å². The van der Waals surface area contributed by atoms with Crippen molar-refractivity contribution in [3.63, 3.8) is 0 Å². The van der Waals surface area contributed by atoms with Gasteiger partial charge in [0, 0.05) is 62.3 Å². The lowest BCUT2D eigenvalue weighted by molar-refractivity contribution is 0.660. The van der Waals surface area contributed by atoms with Crippen LogP contribution < -0.4 is 9.80 Å². The van der Waals surface area contributed by atoms with Crippen molar-refractivity contribution < 1.29 is 0 Å². The smallest absolute Gasteiger partial charge is 0.137 e. The predicted molar refractivity (Wildman–Crippen MR) is 296 cm³/mol. The van der Waals surface area contributed by atoms with Gasteiger partial charge in [-0.25, -0.2) is 4.98 Å². The second-order valence-corrected chi connectivity index (χ2v) is 20.1. The molecule has 0 saturated carbocycles. The summed E-state index contributed by atoms with van der Waals surface area (Å²) in [5.74, 6) is 0. The monoisotopic (exact) mass is 912 g/mol. The largest absolute Gasteiger partial charge is 0.311 e. The second-order valence-electron chi connectivity index (χ2n) is 20.1. The van der Waals surface area contributed by atoms with Crippen LogP contribution in [0.1, 0.15) is 49.9 Å². The van der Waals surface area contributed by atoms with Gasteiger partial charge in [-0.1, -0.05) is 179 Å². The zero-order chi connectivity index (χ0) is 47.8. The average molecular weight is 913 g/mol. The maximum Gasteiger partial charge on any atom is 0.137 e. The fourth-order valence-corrected chi connectivity index (χ4v) is 11.6. The van der Waals surface area contributed by atoms with Gasteiger partial charge in [0.05, 0.1) is 11.4 Å². The van der Waals surface area contributed by atoms with Crippen LogP contribution in [0.15, 0.2) is 243 Å². The number of hydrogen-bond donors (Lipinski definition) is 0. The van der Waals surface area contributed by atoms with E-state index in [1.54, 1.807) is 0 Å². The molecular formula is C67H52N4. The Bertz CT molecular complexity index is 3680. The molecule has 0 fully saturated rings. The molecule has 0 radical (unpaired) electrons. The lowest BCUT2D eigenvalue weighted by atomic mass is 9.82. The van der Waals surface area contributed by atoms with E-state index in [4.69, 9.17) is 4.98 Å². The van der Waals surface area contributed by atoms with E-state index in [1.807, 2.05) is 6.07 Å². The van der Waals surface area contributed by atoms with Gasteiger partial charge in [-0.05, 0) is 141 Å². The highest BCUT2D eigenvalue weighted by Crippen LogP contribution is 2.53. The molecule has 340 valence electrons. The lowest BCUT2D eigenvalue weighted by Gasteiger charge is -2.30. The first-order chi connectivity index (χ1) is 34.7. The Morgan fingerprint density at radius 3 is 1.24 bits per heavy atom. The minimum absolute atomic E-state index is 0.118. The molecule has 0 aliphatic heterocycles. The van der Waals surface area contributed by atoms with Crippen LogP contribution in [-0.2, 0) is 10.8 Å². The Labute approximate surface area is 416 Å². The Morgan fingerprint density at radius 2 is 0.718 bits per heavy atom. The zero-order valence-corrected chi connectivity index (χ0v) is 40.4. The van der Waals surface area contributed by atoms with Crippen molar-refractivity contribution in [1.82, 2.24) is 9.38 Å². The summed E-state index contributed by atoms with van der Waals surface area (Å²) in [5.41, 5.74) is 24.7. The number of hydrogen-bond acceptors (Lipinski definition) is 3. The molecule has 4 nitrogen and oxygen atoms in total. The van der Waals surface area contributed by atoms with Crippen LogP contribution in [0, 0.1) is 0 Å². The van der Waals surface area contributed by atoms with Crippen molar-refractivity contribution in [1.29, 1.82) is 0 Å². The molecule has 13 rings (SSSR count). The predicted octanol–water partition coefficient (Wildman–Crippen LogP) is 17.9. The SMILES string of the molecule is CC1(C)c2ccccc2-c2ccc(N(c3ccc(-c4ccc(N(c5ccccc5)c5ccc(-c6nc7ccccn7c6-c6ccccc6)cc5)cc4)cc3)c3ccc4c(c3)C(C)(C)c3ccccc3-4)cc21. The number of rotatable bonds is 9. The van der Waals surface area contributed by atoms with E-state index in [1.165, 1.54) is 44.5 Å². The third-order valence-electron chi connectivity index (χ3n) is 15.2. The summed E-state index contributed by atoms with van der Waals surface area (Å²) >= 11 is 0. The number of pyridine rings is 1. The fraction of sp³-hybridized carbons (Fsp3) is 0.0896. The number of para-hydroxylation sites is 1. The molecule has 0 atom stereocenters. The molecular weight excluding hydrogens is 861 g/mol. The molecule has 2 heterocycles. The first kappa shape index (κ1) is 42.4. The van der Waals surface area contributed by atoms with Crippen molar-refractivity contribution in [2.75, 3.05) is 9.80 Å². The Hall–Kier alpha value is -8.73. The van der Waals surface area contributed by atoms with Crippen LogP contribution in [0.3, 0.4) is 0 Å². The van der Waals surface area contributed by atoms with Gasteiger partial charge >= 0.3 is 0 Å². The average Bonchev–Trinajstić information content (AvgIpc) is 4.00. The first-order valence-corrected chi connectivity index (χ1v) is 24.7. The standard InChI is InChI=1S/C67H52N4/c1-66(2)59-23-13-11-21-55(59)57-40-38-53(43-61(57)66)71(54-39-41-58-56-22-12-14-24-60(56)67(3,4)62(58)44-54)52-34-28-46(29-35-52)45-26-32-50(33-27-45)70(49-19-9-6-10-20-49)51-36-30-47(31-37-51)64-65(48-17-7-5-8-18-48)69-42-16-15-25-63(69)68-64/h5-44H,1-4H3. The Kier molecular flexibility index (Phi) is 9.83. The number of benzene rings is 9. The van der Waals surface area contributed by atoms with Crippen LogP contribution >= 0.6 is 0 Å². The van der Waals surface area contributed by atoms with E-state index >= 15 is 0 Å². The van der Waals surface area contributed by atoms with Gasteiger partial charge in [0.1, 0.15) is 5.65 Å². The van der Waals surface area contributed by atoms with Crippen LogP contribution in [0.2, 0.25) is 0 Å². The van der Waals surface area contributed by atoms with Gasteiger partial charge in [0.25, 0.3) is 0 Å². The summed E-state index contributed by atoms with van der Waals surface area (Å²) in [6.07, 6.45) is 2.09. The third kappa shape index (κ3) is 6.93. The summed E-state index contributed by atoms with van der Waals surface area (Å²) in [4.78, 5) is 9.90. The van der Waals surface area contributed by atoms with E-state index in [2.05, 4.69) is 279 Å². The molecule has 0 amide bonds. The summed E-state index contributed by atoms with van der Waals surface area (Å²) in [7, 11) is 0. The number of fused-ring (bicyclic) bond motifs is 7. The van der Waals surface area contributed by atoms with Crippen LogP contribution in [0.4, 0.5) is 34.1 Å². The fourth-order valence-electron chi connectivity index (χ4n) is 11.6. The molecule has 0 N–H and O–H groups in total. The maximum atomic E-state index is 5.13. The van der Waals surface area contributed by atoms with Crippen LogP contribution in [0.25, 0.3) is 61.5 Å². The van der Waals surface area contributed by atoms with E-state index in [0.717, 1.165) is 73.4 Å². The molecule has 0 bridgehead atoms. The molecule has 0 spiro atoms. The molecule has 2 aromatic heterocycles. The Morgan fingerprint density at radius 1 is 0.324 bits per heavy atom. The van der Waals surface area contributed by atoms with Gasteiger partial charge in [0.15, 0.2) is 0 Å². The van der Waals surface area contributed by atoms with E-state index in [-0.39, 0.29) is 10.8 Å². The molecule has 2 aliphatic carbocycles. The van der Waals surface area contributed by atoms with Crippen LogP contribution in [-0.4, -0.2) is 9.38 Å². The minimum Gasteiger partial charge on any atom is -0.311 e. The molecule has 71 heavy (non-hydrogen) atoms. The Balaban J connectivity index is 0.845. The summed E-state index contributed by atoms with van der Waals surface area (Å²) in [6.45, 7) is 9.45. The zero-order valence-electron chi connectivity index (χ0n) is 40.4. The highest BCUT2D eigenvalue weighted by atomic mass is 15.1. The molecule has 0 saturated heterocycles. The highest BCUT2D eigenvalue weighted by molar-refractivity contribution is 5.90. The van der Waals surface area contributed by atoms with E-state index in [9.17, 15) is 0 Å². The van der Waals surface area contributed by atoms with Gasteiger partial charge in [-0.15, -0.1) is 0 Å². The highest BCUT2D eigenvalue weighted by Gasteiger charge is 2.38. The summed E-state index contributed by atoms with van der Waals surface area (Å²) in [6, 6.07) is 86.2. The third-order valence-corrected chi connectivity index (χ3v) is 15.2. The van der Waals surface area contributed by atoms with Crippen molar-refractivity contribution in [2.24, 2.45) is 0 Å². The van der Waals surface area contributed by atoms with Crippen molar-refractivity contribution in [3.05, 3.63) is 265 Å². The van der Waals surface area contributed by atoms with E-state index in [0.29, 0.717) is 0 Å². The lowest BCUT2D eigenvalue weighted by Crippen LogP contribution is -2.18. The molecule has 11 aromatic rings. The minimum atomic E-state index is -0.118. The van der Waals surface area contributed by atoms with Crippen molar-refractivity contribution >= 4 is 39.8 Å². The van der Waals surface area contributed by atoms with Crippen molar-refractivity contribution in [3.8, 4) is 55.9 Å².